The second kappa shape index (κ2) is 4.90. The van der Waals surface area contributed by atoms with Crippen molar-refractivity contribution in [3.05, 3.63) is 0 Å². The SMILES string of the molecule is COC(=O)[C@]1(C(N)=O)C[C@H]1CO[Si](C)(C)C(C)(C)C. The Labute approximate surface area is 116 Å². The third-order valence-corrected chi connectivity index (χ3v) is 9.05. The van der Waals surface area contributed by atoms with Crippen LogP contribution in [0.25, 0.3) is 0 Å². The van der Waals surface area contributed by atoms with Gasteiger partial charge in [-0.2, -0.15) is 0 Å². The molecular formula is C13H25NO4Si. The Kier molecular flexibility index (Phi) is 4.17. The van der Waals surface area contributed by atoms with Gasteiger partial charge in [0.1, 0.15) is 0 Å². The minimum absolute atomic E-state index is 0.0997. The molecule has 5 nitrogen and oxygen atoms in total. The standard InChI is InChI=1S/C13H25NO4Si/c1-12(2,3)19(5,6)18-8-9-7-13(9,10(14)15)11(16)17-4/h9H,7-8H2,1-6H3,(H2,14,15)/t9-,13+/m0/s1. The molecule has 0 saturated heterocycles. The summed E-state index contributed by atoms with van der Waals surface area (Å²) in [7, 11) is -0.599. The fraction of sp³-hybridized carbons (Fsp3) is 0.846. The van der Waals surface area contributed by atoms with Gasteiger partial charge in [-0.05, 0) is 24.6 Å². The average Bonchev–Trinajstić information content (AvgIpc) is 2.99. The summed E-state index contributed by atoms with van der Waals surface area (Å²) >= 11 is 0. The van der Waals surface area contributed by atoms with Crippen LogP contribution in [0.4, 0.5) is 0 Å². The first-order chi connectivity index (χ1) is 8.49. The third-order valence-electron chi connectivity index (χ3n) is 4.55. The number of esters is 1. The number of methoxy groups -OCH3 is 1. The maximum absolute atomic E-state index is 11.7. The lowest BCUT2D eigenvalue weighted by molar-refractivity contribution is -0.152. The fourth-order valence-electron chi connectivity index (χ4n) is 1.89. The van der Waals surface area contributed by atoms with Gasteiger partial charge in [0.25, 0.3) is 0 Å². The summed E-state index contributed by atoms with van der Waals surface area (Å²) in [6.45, 7) is 11.1. The van der Waals surface area contributed by atoms with E-state index in [2.05, 4.69) is 38.6 Å². The molecule has 2 N–H and O–H groups in total. The zero-order valence-electron chi connectivity index (χ0n) is 12.7. The summed E-state index contributed by atoms with van der Waals surface area (Å²) < 4.78 is 10.7. The Morgan fingerprint density at radius 2 is 1.89 bits per heavy atom. The predicted molar refractivity (Wildman–Crippen MR) is 74.9 cm³/mol. The molecule has 6 heteroatoms. The zero-order chi connectivity index (χ0) is 15.1. The average molecular weight is 287 g/mol. The van der Waals surface area contributed by atoms with Crippen molar-refractivity contribution in [1.29, 1.82) is 0 Å². The van der Waals surface area contributed by atoms with Gasteiger partial charge in [-0.25, -0.2) is 0 Å². The van der Waals surface area contributed by atoms with E-state index >= 15 is 0 Å². The highest BCUT2D eigenvalue weighted by molar-refractivity contribution is 6.74. The van der Waals surface area contributed by atoms with E-state index in [1.54, 1.807) is 0 Å². The third kappa shape index (κ3) is 2.84. The van der Waals surface area contributed by atoms with Crippen molar-refractivity contribution in [3.8, 4) is 0 Å². The summed E-state index contributed by atoms with van der Waals surface area (Å²) in [5.41, 5.74) is 4.19. The first-order valence-corrected chi connectivity index (χ1v) is 9.42. The Bertz CT molecular complexity index is 389. The highest BCUT2D eigenvalue weighted by atomic mass is 28.4. The molecule has 0 aromatic rings. The van der Waals surface area contributed by atoms with Gasteiger partial charge in [0, 0.05) is 12.5 Å². The van der Waals surface area contributed by atoms with Crippen LogP contribution in [0.15, 0.2) is 0 Å². The van der Waals surface area contributed by atoms with E-state index in [4.69, 9.17) is 10.2 Å². The maximum atomic E-state index is 11.7. The van der Waals surface area contributed by atoms with E-state index in [1.165, 1.54) is 7.11 Å². The molecule has 0 aliphatic heterocycles. The lowest BCUT2D eigenvalue weighted by Crippen LogP contribution is -2.42. The molecule has 1 amide bonds. The van der Waals surface area contributed by atoms with E-state index in [0.29, 0.717) is 13.0 Å². The first-order valence-electron chi connectivity index (χ1n) is 6.51. The predicted octanol–water partition coefficient (Wildman–Crippen LogP) is 1.67. The smallest absolute Gasteiger partial charge is 0.321 e. The summed E-state index contributed by atoms with van der Waals surface area (Å²) in [4.78, 5) is 23.2. The van der Waals surface area contributed by atoms with Gasteiger partial charge in [0.15, 0.2) is 13.7 Å². The van der Waals surface area contributed by atoms with Crippen LogP contribution in [0.3, 0.4) is 0 Å². The van der Waals surface area contributed by atoms with Gasteiger partial charge >= 0.3 is 5.97 Å². The van der Waals surface area contributed by atoms with Gasteiger partial charge < -0.3 is 14.9 Å². The monoisotopic (exact) mass is 287 g/mol. The van der Waals surface area contributed by atoms with E-state index < -0.39 is 25.6 Å². The molecule has 1 aliphatic carbocycles. The molecule has 0 aromatic heterocycles. The minimum Gasteiger partial charge on any atom is -0.468 e. The van der Waals surface area contributed by atoms with Crippen LogP contribution in [-0.2, 0) is 18.8 Å². The van der Waals surface area contributed by atoms with Gasteiger partial charge in [-0.3, -0.25) is 9.59 Å². The van der Waals surface area contributed by atoms with Crippen LogP contribution >= 0.6 is 0 Å². The van der Waals surface area contributed by atoms with Crippen LogP contribution in [0.5, 0.6) is 0 Å². The summed E-state index contributed by atoms with van der Waals surface area (Å²) in [6, 6.07) is 0. The van der Waals surface area contributed by atoms with E-state index in [-0.39, 0.29) is 11.0 Å². The molecule has 1 saturated carbocycles. The summed E-state index contributed by atoms with van der Waals surface area (Å²) in [5, 5.41) is 0.0997. The summed E-state index contributed by atoms with van der Waals surface area (Å²) in [6.07, 6.45) is 0.434. The number of carbonyl (C=O) groups excluding carboxylic acids is 2. The number of carbonyl (C=O) groups is 2. The molecule has 19 heavy (non-hydrogen) atoms. The van der Waals surface area contributed by atoms with Crippen molar-refractivity contribution in [1.82, 2.24) is 0 Å². The Morgan fingerprint density at radius 3 is 2.26 bits per heavy atom. The van der Waals surface area contributed by atoms with Gasteiger partial charge in [-0.1, -0.05) is 20.8 Å². The lowest BCUT2D eigenvalue weighted by atomic mass is 10.0. The maximum Gasteiger partial charge on any atom is 0.321 e. The number of hydrogen-bond donors (Lipinski definition) is 1. The molecule has 2 atom stereocenters. The van der Waals surface area contributed by atoms with E-state index in [9.17, 15) is 9.59 Å². The molecule has 0 unspecified atom stereocenters. The quantitative estimate of drug-likeness (QED) is 0.474. The molecule has 1 rings (SSSR count). The number of hydrogen-bond acceptors (Lipinski definition) is 4. The lowest BCUT2D eigenvalue weighted by Gasteiger charge is -2.36. The molecule has 110 valence electrons. The molecule has 0 bridgehead atoms. The van der Waals surface area contributed by atoms with Crippen molar-refractivity contribution in [3.63, 3.8) is 0 Å². The molecule has 1 aliphatic rings. The number of primary amides is 1. The Hall–Kier alpha value is -0.883. The van der Waals surface area contributed by atoms with Crippen LogP contribution in [0.1, 0.15) is 27.2 Å². The number of rotatable bonds is 5. The Balaban J connectivity index is 2.68. The second-order valence-corrected chi connectivity index (χ2v) is 11.6. The van der Waals surface area contributed by atoms with Crippen LogP contribution in [0.2, 0.25) is 18.1 Å². The summed E-state index contributed by atoms with van der Waals surface area (Å²) in [5.74, 6) is -1.29. The van der Waals surface area contributed by atoms with E-state index in [1.807, 2.05) is 0 Å². The van der Waals surface area contributed by atoms with Crippen LogP contribution in [-0.4, -0.2) is 33.9 Å². The van der Waals surface area contributed by atoms with Crippen molar-refractivity contribution >= 4 is 20.2 Å². The van der Waals surface area contributed by atoms with Crippen molar-refractivity contribution in [2.75, 3.05) is 13.7 Å². The van der Waals surface area contributed by atoms with E-state index in [0.717, 1.165) is 0 Å². The second-order valence-electron chi connectivity index (χ2n) is 6.80. The molecule has 0 aromatic carbocycles. The van der Waals surface area contributed by atoms with Gasteiger partial charge in [0.05, 0.1) is 7.11 Å². The largest absolute Gasteiger partial charge is 0.468 e. The molecule has 1 fully saturated rings. The first kappa shape index (κ1) is 16.2. The number of amides is 1. The Morgan fingerprint density at radius 1 is 1.37 bits per heavy atom. The highest BCUT2D eigenvalue weighted by Crippen LogP contribution is 2.54. The normalized spacial score (nSPS) is 26.9. The van der Waals surface area contributed by atoms with Gasteiger partial charge in [0.2, 0.25) is 5.91 Å². The van der Waals surface area contributed by atoms with Crippen molar-refractivity contribution < 1.29 is 18.8 Å². The number of nitrogens with two attached hydrogens (primary N) is 1. The zero-order valence-corrected chi connectivity index (χ0v) is 13.7. The molecule has 0 radical (unpaired) electrons. The highest BCUT2D eigenvalue weighted by Gasteiger charge is 2.66. The molecular weight excluding hydrogens is 262 g/mol. The van der Waals surface area contributed by atoms with Crippen molar-refractivity contribution in [2.45, 2.75) is 45.3 Å². The van der Waals surface area contributed by atoms with Crippen LogP contribution < -0.4 is 5.73 Å². The molecule has 0 heterocycles. The minimum atomic E-state index is -1.87. The molecule has 0 spiro atoms. The van der Waals surface area contributed by atoms with Crippen molar-refractivity contribution in [2.24, 2.45) is 17.1 Å². The van der Waals surface area contributed by atoms with Crippen LogP contribution in [0, 0.1) is 11.3 Å². The topological polar surface area (TPSA) is 78.6 Å². The fourth-order valence-corrected chi connectivity index (χ4v) is 2.94. The number of ether oxygens (including phenoxy) is 1. The van der Waals surface area contributed by atoms with Gasteiger partial charge in [-0.15, -0.1) is 0 Å².